The Hall–Kier alpha value is -1.47. The summed E-state index contributed by atoms with van der Waals surface area (Å²) in [4.78, 5) is 0. The Kier molecular flexibility index (Phi) is 2.48. The molecule has 0 aliphatic heterocycles. The van der Waals surface area contributed by atoms with E-state index in [1.165, 1.54) is 18.2 Å². The highest BCUT2D eigenvalue weighted by Gasteiger charge is 2.21. The second-order valence-corrected chi connectivity index (χ2v) is 2.34. The molecule has 1 N–H and O–H groups in total. The highest BCUT2D eigenvalue weighted by atomic mass is 19.3. The molecule has 1 rings (SSSR count). The van der Waals surface area contributed by atoms with Crippen molar-refractivity contribution < 1.29 is 15.3 Å². The van der Waals surface area contributed by atoms with Gasteiger partial charge in [0.25, 0.3) is 6.43 Å². The van der Waals surface area contributed by atoms with Gasteiger partial charge >= 0.3 is 0 Å². The maximum atomic E-state index is 12.3. The monoisotopic (exact) mass is 184 g/mol. The minimum Gasteiger partial charge on any atom is -0.382 e. The van der Waals surface area contributed by atoms with Crippen molar-refractivity contribution in [3.05, 3.63) is 35.4 Å². The van der Waals surface area contributed by atoms with Crippen LogP contribution in [-0.4, -0.2) is 11.5 Å². The fourth-order valence-corrected chi connectivity index (χ4v) is 0.922. The van der Waals surface area contributed by atoms with Crippen LogP contribution in [-0.2, 0) is 0 Å². The summed E-state index contributed by atoms with van der Waals surface area (Å²) in [5.41, 5.74) is -0.497. The Bertz CT molecular complexity index is 373. The fraction of sp³-hybridized carbons (Fsp3) is 0.222. The number of alkyl halides is 2. The van der Waals surface area contributed by atoms with Crippen LogP contribution in [0.25, 0.3) is 0 Å². The maximum Gasteiger partial charge on any atom is 0.268 e. The summed E-state index contributed by atoms with van der Waals surface area (Å²) in [5.74, 6) is 0. The second-order valence-electron chi connectivity index (χ2n) is 2.34. The zero-order valence-corrected chi connectivity index (χ0v) is 6.54. The molecular weight excluding hydrogens is 176 g/mol. The molecule has 0 saturated carbocycles. The van der Waals surface area contributed by atoms with E-state index >= 15 is 0 Å². The van der Waals surface area contributed by atoms with E-state index in [0.29, 0.717) is 0 Å². The number of rotatable bonds is 2. The molecule has 0 spiro atoms. The highest BCUT2D eigenvalue weighted by molar-refractivity contribution is 5.38. The van der Waals surface area contributed by atoms with Crippen LogP contribution in [0.3, 0.4) is 0 Å². The van der Waals surface area contributed by atoms with Crippen molar-refractivity contribution in [3.8, 4) is 6.07 Å². The number of halogens is 2. The molecule has 2 nitrogen and oxygen atoms in total. The molecule has 0 amide bonds. The fourth-order valence-electron chi connectivity index (χ4n) is 0.922. The molecule has 1 atom stereocenters. The highest BCUT2D eigenvalue weighted by Crippen LogP contribution is 2.22. The van der Waals surface area contributed by atoms with Gasteiger partial charge in [-0.1, -0.05) is 18.2 Å². The maximum absolute atomic E-state index is 12.3. The minimum absolute atomic E-state index is 0.120. The summed E-state index contributed by atoms with van der Waals surface area (Å²) >= 11 is 0. The molecule has 0 saturated heterocycles. The van der Waals surface area contributed by atoms with Crippen LogP contribution in [0.2, 0.25) is 0 Å². The van der Waals surface area contributed by atoms with Crippen molar-refractivity contribution in [1.29, 1.82) is 5.26 Å². The molecule has 1 aromatic rings. The Morgan fingerprint density at radius 2 is 2.08 bits per heavy atom. The lowest BCUT2D eigenvalue weighted by molar-refractivity contribution is -0.00592. The Morgan fingerprint density at radius 1 is 1.46 bits per heavy atom. The molecular formula is C9H7F2NO. The number of nitrogens with zero attached hydrogens (tertiary/aromatic N) is 1. The topological polar surface area (TPSA) is 44.0 Å². The van der Waals surface area contributed by atoms with Crippen molar-refractivity contribution in [1.82, 2.24) is 0 Å². The van der Waals surface area contributed by atoms with Gasteiger partial charge in [0.2, 0.25) is 0 Å². The molecule has 0 aliphatic rings. The van der Waals surface area contributed by atoms with Gasteiger partial charge in [-0.3, -0.25) is 0 Å². The van der Waals surface area contributed by atoms with Crippen LogP contribution in [0.4, 0.5) is 8.78 Å². The lowest BCUT2D eigenvalue weighted by atomic mass is 10.0. The van der Waals surface area contributed by atoms with Gasteiger partial charge < -0.3 is 5.11 Å². The van der Waals surface area contributed by atoms with E-state index in [-0.39, 0.29) is 11.1 Å². The normalized spacial score (nSPS) is 16.1. The Morgan fingerprint density at radius 3 is 2.62 bits per heavy atom. The van der Waals surface area contributed by atoms with E-state index in [9.17, 15) is 8.78 Å². The van der Waals surface area contributed by atoms with E-state index in [1.54, 1.807) is 6.07 Å². The summed E-state index contributed by atoms with van der Waals surface area (Å²) in [6, 6.07) is 6.92. The predicted molar refractivity (Wildman–Crippen MR) is 42.1 cm³/mol. The van der Waals surface area contributed by atoms with Crippen LogP contribution < -0.4 is 0 Å². The van der Waals surface area contributed by atoms with Crippen molar-refractivity contribution in [3.63, 3.8) is 0 Å². The lowest BCUT2D eigenvalue weighted by Gasteiger charge is -2.10. The molecule has 68 valence electrons. The van der Waals surface area contributed by atoms with Gasteiger partial charge in [0, 0.05) is 5.56 Å². The first-order valence-corrected chi connectivity index (χ1v) is 3.50. The summed E-state index contributed by atoms with van der Waals surface area (Å²) in [7, 11) is 0. The van der Waals surface area contributed by atoms with Crippen molar-refractivity contribution in [2.45, 2.75) is 12.5 Å². The molecule has 0 aromatic heterocycles. The van der Waals surface area contributed by atoms with Crippen molar-refractivity contribution >= 4 is 0 Å². The quantitative estimate of drug-likeness (QED) is 0.762. The molecule has 1 unspecified atom stereocenters. The van der Waals surface area contributed by atoms with E-state index < -0.39 is 12.5 Å². The van der Waals surface area contributed by atoms with Gasteiger partial charge in [-0.15, -0.1) is 0 Å². The van der Waals surface area contributed by atoms with E-state index in [0.717, 1.165) is 6.07 Å². The van der Waals surface area contributed by atoms with Gasteiger partial charge in [-0.2, -0.15) is 5.26 Å². The van der Waals surface area contributed by atoms with Gasteiger partial charge in [-0.25, -0.2) is 8.78 Å². The smallest absolute Gasteiger partial charge is 0.268 e. The van der Waals surface area contributed by atoms with Crippen LogP contribution >= 0.6 is 0 Å². The molecule has 1 aromatic carbocycles. The van der Waals surface area contributed by atoms with E-state index in [2.05, 4.69) is 0 Å². The average molecular weight is 184 g/mol. The summed E-state index contributed by atoms with van der Waals surface area (Å²) in [6.07, 6.45) is -6.27. The minimum atomic E-state index is -3.25. The van der Waals surface area contributed by atoms with Gasteiger partial charge in [0.15, 0.2) is 0 Å². The van der Waals surface area contributed by atoms with E-state index in [1.807, 2.05) is 0 Å². The largest absolute Gasteiger partial charge is 0.382 e. The SMILES string of the molecule is [2H]C(O)(c1ccccc1C#N)C(F)F. The zero-order valence-electron chi connectivity index (χ0n) is 7.54. The number of aliphatic hydroxyl groups is 1. The van der Waals surface area contributed by atoms with Crippen molar-refractivity contribution in [2.24, 2.45) is 0 Å². The molecule has 0 aliphatic carbocycles. The second kappa shape index (κ2) is 3.97. The number of hydrogen-bond acceptors (Lipinski definition) is 2. The van der Waals surface area contributed by atoms with Gasteiger partial charge in [-0.05, 0) is 6.07 Å². The third-order valence-electron chi connectivity index (χ3n) is 1.53. The predicted octanol–water partition coefficient (Wildman–Crippen LogP) is 1.86. The number of benzene rings is 1. The third-order valence-corrected chi connectivity index (χ3v) is 1.53. The molecule has 0 radical (unpaired) electrons. The van der Waals surface area contributed by atoms with Gasteiger partial charge in [0.05, 0.1) is 13.0 Å². The van der Waals surface area contributed by atoms with Crippen LogP contribution in [0, 0.1) is 11.3 Å². The standard InChI is InChI=1S/C9H7F2NO/c10-9(11)8(13)7-4-2-1-3-6(7)5-12/h1-4,8-9,13H/i8D. The first-order valence-electron chi connectivity index (χ1n) is 4.00. The molecule has 0 heterocycles. The Labute approximate surface area is 75.4 Å². The molecule has 4 heteroatoms. The van der Waals surface area contributed by atoms with Crippen LogP contribution in [0.15, 0.2) is 24.3 Å². The van der Waals surface area contributed by atoms with Crippen molar-refractivity contribution in [2.75, 3.05) is 0 Å². The van der Waals surface area contributed by atoms with Crippen LogP contribution in [0.1, 0.15) is 18.6 Å². The molecule has 0 fully saturated rings. The zero-order chi connectivity index (χ0) is 10.8. The number of nitriles is 1. The summed E-state index contributed by atoms with van der Waals surface area (Å²) < 4.78 is 31.6. The first kappa shape index (κ1) is 8.14. The third kappa shape index (κ3) is 2.01. The number of hydrogen-bond donors (Lipinski definition) is 1. The van der Waals surface area contributed by atoms with E-state index in [4.69, 9.17) is 11.7 Å². The Balaban J connectivity index is 3.26. The summed E-state index contributed by atoms with van der Waals surface area (Å²) in [5, 5.41) is 17.7. The molecule has 0 bridgehead atoms. The first-order chi connectivity index (χ1) is 6.50. The lowest BCUT2D eigenvalue weighted by Crippen LogP contribution is -2.09. The average Bonchev–Trinajstić information content (AvgIpc) is 2.17. The summed E-state index contributed by atoms with van der Waals surface area (Å²) in [6.45, 7) is 0. The molecule has 13 heavy (non-hydrogen) atoms. The van der Waals surface area contributed by atoms with Gasteiger partial charge in [0.1, 0.15) is 6.08 Å². The van der Waals surface area contributed by atoms with Crippen LogP contribution in [0.5, 0.6) is 0 Å².